The molecule has 106 valence electrons. The summed E-state index contributed by atoms with van der Waals surface area (Å²) in [7, 11) is 0. The van der Waals surface area contributed by atoms with Gasteiger partial charge in [-0.25, -0.2) is 9.48 Å². The molecular weight excluding hydrogens is 346 g/mol. The number of hydrogen-bond acceptors (Lipinski definition) is 3. The van der Waals surface area contributed by atoms with Crippen molar-refractivity contribution in [2.24, 2.45) is 0 Å². The molecule has 0 aliphatic carbocycles. The minimum atomic E-state index is -1.10. The van der Waals surface area contributed by atoms with Gasteiger partial charge in [0.1, 0.15) is 0 Å². The molecule has 0 fully saturated rings. The van der Waals surface area contributed by atoms with Crippen molar-refractivity contribution in [3.63, 3.8) is 0 Å². The van der Waals surface area contributed by atoms with Gasteiger partial charge in [0.2, 0.25) is 0 Å². The molecule has 1 N–H and O–H groups in total. The van der Waals surface area contributed by atoms with E-state index in [0.717, 1.165) is 4.47 Å². The largest absolute Gasteiger partial charge is 0.476 e. The summed E-state index contributed by atoms with van der Waals surface area (Å²) in [6.45, 7) is 5.71. The highest BCUT2D eigenvalue weighted by Gasteiger charge is 2.30. The molecule has 1 aromatic carbocycles. The predicted molar refractivity (Wildman–Crippen MR) is 79.7 cm³/mol. The standard InChI is InChI=1S/C13H13BrClN3O2/c1-13(2,3)11-10(12(19)20)16-17-18(11)9-5-4-7(14)6-8(9)15/h4-6H,1-3H3,(H,19,20). The fraction of sp³-hybridized carbons (Fsp3) is 0.308. The van der Waals surface area contributed by atoms with Crippen LogP contribution in [0, 0.1) is 0 Å². The Morgan fingerprint density at radius 3 is 2.55 bits per heavy atom. The Kier molecular flexibility index (Phi) is 3.88. The number of carboxylic acids is 1. The maximum Gasteiger partial charge on any atom is 0.358 e. The molecule has 0 aliphatic rings. The summed E-state index contributed by atoms with van der Waals surface area (Å²) >= 11 is 9.54. The van der Waals surface area contributed by atoms with Gasteiger partial charge in [0, 0.05) is 9.89 Å². The SMILES string of the molecule is CC(C)(C)c1c(C(=O)O)nnn1-c1ccc(Br)cc1Cl. The zero-order valence-electron chi connectivity index (χ0n) is 11.2. The second kappa shape index (κ2) is 5.18. The van der Waals surface area contributed by atoms with E-state index in [0.29, 0.717) is 16.4 Å². The highest BCUT2D eigenvalue weighted by atomic mass is 79.9. The van der Waals surface area contributed by atoms with Crippen molar-refractivity contribution in [1.82, 2.24) is 15.0 Å². The van der Waals surface area contributed by atoms with Crippen LogP contribution in [0.2, 0.25) is 5.02 Å². The van der Waals surface area contributed by atoms with Crippen LogP contribution >= 0.6 is 27.5 Å². The summed E-state index contributed by atoms with van der Waals surface area (Å²) in [5.74, 6) is -1.10. The van der Waals surface area contributed by atoms with Crippen LogP contribution in [0.15, 0.2) is 22.7 Å². The van der Waals surface area contributed by atoms with E-state index >= 15 is 0 Å². The number of hydrogen-bond donors (Lipinski definition) is 1. The Morgan fingerprint density at radius 2 is 2.05 bits per heavy atom. The summed E-state index contributed by atoms with van der Waals surface area (Å²) in [4.78, 5) is 11.3. The molecule has 0 spiro atoms. The molecule has 0 saturated carbocycles. The number of aromatic carboxylic acids is 1. The molecule has 0 atom stereocenters. The Hall–Kier alpha value is -1.40. The first-order valence-corrected chi connectivity index (χ1v) is 7.04. The molecule has 0 aliphatic heterocycles. The van der Waals surface area contributed by atoms with Gasteiger partial charge < -0.3 is 5.11 Å². The lowest BCUT2D eigenvalue weighted by atomic mass is 9.90. The van der Waals surface area contributed by atoms with E-state index in [4.69, 9.17) is 11.6 Å². The third-order valence-electron chi connectivity index (χ3n) is 2.72. The molecule has 0 unspecified atom stereocenters. The van der Waals surface area contributed by atoms with E-state index < -0.39 is 11.4 Å². The third kappa shape index (κ3) is 2.71. The molecule has 0 amide bonds. The van der Waals surface area contributed by atoms with Crippen molar-refractivity contribution in [3.05, 3.63) is 39.1 Å². The first-order chi connectivity index (χ1) is 9.21. The summed E-state index contributed by atoms with van der Waals surface area (Å²) in [5.41, 5.74) is 0.610. The zero-order chi connectivity index (χ0) is 15.1. The topological polar surface area (TPSA) is 68.0 Å². The van der Waals surface area contributed by atoms with Gasteiger partial charge in [0.05, 0.1) is 16.4 Å². The summed E-state index contributed by atoms with van der Waals surface area (Å²) in [6.07, 6.45) is 0. The van der Waals surface area contributed by atoms with Crippen LogP contribution < -0.4 is 0 Å². The van der Waals surface area contributed by atoms with Crippen molar-refractivity contribution in [3.8, 4) is 5.69 Å². The summed E-state index contributed by atoms with van der Waals surface area (Å²) in [6, 6.07) is 5.31. The summed E-state index contributed by atoms with van der Waals surface area (Å²) in [5, 5.41) is 17.4. The van der Waals surface area contributed by atoms with Crippen molar-refractivity contribution in [2.75, 3.05) is 0 Å². The lowest BCUT2D eigenvalue weighted by molar-refractivity contribution is 0.0687. The number of rotatable bonds is 2. The normalized spacial score (nSPS) is 11.7. The Balaban J connectivity index is 2.72. The molecular formula is C13H13BrClN3O2. The van der Waals surface area contributed by atoms with Gasteiger partial charge in [0.15, 0.2) is 5.69 Å². The van der Waals surface area contributed by atoms with Gasteiger partial charge >= 0.3 is 5.97 Å². The average molecular weight is 359 g/mol. The highest BCUT2D eigenvalue weighted by molar-refractivity contribution is 9.10. The number of carbonyl (C=O) groups is 1. The maximum absolute atomic E-state index is 11.3. The Bertz CT molecular complexity index is 677. The molecule has 0 radical (unpaired) electrons. The van der Waals surface area contributed by atoms with Gasteiger partial charge in [-0.1, -0.05) is 53.5 Å². The zero-order valence-corrected chi connectivity index (χ0v) is 13.5. The first kappa shape index (κ1) is 15.0. The predicted octanol–water partition coefficient (Wildman–Crippen LogP) is 3.68. The second-order valence-corrected chi connectivity index (χ2v) is 6.67. The van der Waals surface area contributed by atoms with E-state index in [1.165, 1.54) is 4.68 Å². The molecule has 7 heteroatoms. The molecule has 1 heterocycles. The molecule has 2 rings (SSSR count). The molecule has 0 bridgehead atoms. The molecule has 2 aromatic rings. The summed E-state index contributed by atoms with van der Waals surface area (Å²) < 4.78 is 2.32. The lowest BCUT2D eigenvalue weighted by Crippen LogP contribution is -2.21. The number of benzene rings is 1. The lowest BCUT2D eigenvalue weighted by Gasteiger charge is -2.20. The third-order valence-corrected chi connectivity index (χ3v) is 3.52. The van der Waals surface area contributed by atoms with Crippen LogP contribution in [-0.4, -0.2) is 26.1 Å². The van der Waals surface area contributed by atoms with Crippen LogP contribution in [0.5, 0.6) is 0 Å². The van der Waals surface area contributed by atoms with Gasteiger partial charge in [-0.15, -0.1) is 5.10 Å². The van der Waals surface area contributed by atoms with E-state index in [9.17, 15) is 9.90 Å². The van der Waals surface area contributed by atoms with Gasteiger partial charge in [-0.05, 0) is 18.2 Å². The minimum absolute atomic E-state index is 0.0588. The number of carboxylic acid groups (broad SMARTS) is 1. The molecule has 5 nitrogen and oxygen atoms in total. The minimum Gasteiger partial charge on any atom is -0.476 e. The molecule has 1 aromatic heterocycles. The van der Waals surface area contributed by atoms with Crippen LogP contribution in [0.1, 0.15) is 37.0 Å². The molecule has 20 heavy (non-hydrogen) atoms. The smallest absolute Gasteiger partial charge is 0.358 e. The van der Waals surface area contributed by atoms with Crippen molar-refractivity contribution < 1.29 is 9.90 Å². The fourth-order valence-corrected chi connectivity index (χ4v) is 2.67. The monoisotopic (exact) mass is 357 g/mol. The van der Waals surface area contributed by atoms with E-state index in [2.05, 4.69) is 26.2 Å². The van der Waals surface area contributed by atoms with Crippen molar-refractivity contribution in [1.29, 1.82) is 0 Å². The van der Waals surface area contributed by atoms with E-state index in [-0.39, 0.29) is 5.69 Å². The molecule has 0 saturated heterocycles. The van der Waals surface area contributed by atoms with Gasteiger partial charge in [-0.3, -0.25) is 0 Å². The number of halogens is 2. The van der Waals surface area contributed by atoms with Crippen molar-refractivity contribution >= 4 is 33.5 Å². The van der Waals surface area contributed by atoms with Crippen LogP contribution in [0.4, 0.5) is 0 Å². The fourth-order valence-electron chi connectivity index (χ4n) is 1.92. The van der Waals surface area contributed by atoms with Gasteiger partial charge in [0.25, 0.3) is 0 Å². The average Bonchev–Trinajstić information content (AvgIpc) is 2.73. The first-order valence-electron chi connectivity index (χ1n) is 5.86. The maximum atomic E-state index is 11.3. The number of aromatic nitrogens is 3. The van der Waals surface area contributed by atoms with Crippen LogP contribution in [0.3, 0.4) is 0 Å². The Morgan fingerprint density at radius 1 is 1.40 bits per heavy atom. The Labute approximate surface area is 129 Å². The quantitative estimate of drug-likeness (QED) is 0.889. The van der Waals surface area contributed by atoms with Gasteiger partial charge in [-0.2, -0.15) is 0 Å². The van der Waals surface area contributed by atoms with E-state index in [1.54, 1.807) is 12.1 Å². The number of nitrogens with zero attached hydrogens (tertiary/aromatic N) is 3. The van der Waals surface area contributed by atoms with Crippen LogP contribution in [-0.2, 0) is 5.41 Å². The van der Waals surface area contributed by atoms with Crippen LogP contribution in [0.25, 0.3) is 5.69 Å². The highest BCUT2D eigenvalue weighted by Crippen LogP contribution is 2.31. The van der Waals surface area contributed by atoms with Crippen molar-refractivity contribution in [2.45, 2.75) is 26.2 Å². The second-order valence-electron chi connectivity index (χ2n) is 5.35. The van der Waals surface area contributed by atoms with E-state index in [1.807, 2.05) is 26.8 Å².